The first-order valence-electron chi connectivity index (χ1n) is 10.6. The van der Waals surface area contributed by atoms with Crippen molar-refractivity contribution in [2.24, 2.45) is 5.73 Å². The van der Waals surface area contributed by atoms with Gasteiger partial charge in [-0.25, -0.2) is 0 Å². The van der Waals surface area contributed by atoms with Crippen molar-refractivity contribution in [3.63, 3.8) is 0 Å². The maximum absolute atomic E-state index is 5.40. The molecule has 0 amide bonds. The Morgan fingerprint density at radius 1 is 0.935 bits per heavy atom. The second kappa shape index (κ2) is 17.4. The van der Waals surface area contributed by atoms with E-state index in [0.29, 0.717) is 18.3 Å². The van der Waals surface area contributed by atoms with Crippen LogP contribution in [-0.4, -0.2) is 56.4 Å². The van der Waals surface area contributed by atoms with Crippen molar-refractivity contribution >= 4 is 63.0 Å². The normalized spacial score (nSPS) is 11.0. The van der Waals surface area contributed by atoms with Gasteiger partial charge in [-0.1, -0.05) is 0 Å². The van der Waals surface area contributed by atoms with Crippen molar-refractivity contribution in [1.82, 2.24) is 0 Å². The van der Waals surface area contributed by atoms with Gasteiger partial charge in [-0.2, -0.15) is 0 Å². The summed E-state index contributed by atoms with van der Waals surface area (Å²) in [6, 6.07) is 15.3. The zero-order chi connectivity index (χ0) is 22.9. The Morgan fingerprint density at radius 3 is 1.74 bits per heavy atom. The zero-order valence-corrected chi connectivity index (χ0v) is 23.7. The summed E-state index contributed by atoms with van der Waals surface area (Å²) in [6.45, 7) is 8.32. The van der Waals surface area contributed by atoms with Crippen LogP contribution >= 0.6 is 24.0 Å². The van der Waals surface area contributed by atoms with Crippen molar-refractivity contribution in [3.05, 3.63) is 48.5 Å². The van der Waals surface area contributed by atoms with E-state index in [9.17, 15) is 0 Å². The Labute approximate surface area is 210 Å². The van der Waals surface area contributed by atoms with E-state index in [1.54, 1.807) is 0 Å². The number of rotatable bonds is 11. The first kappa shape index (κ1) is 27.9. The first-order chi connectivity index (χ1) is 15.0. The van der Waals surface area contributed by atoms with Crippen LogP contribution in [0.2, 0.25) is 0 Å². The van der Waals surface area contributed by atoms with Gasteiger partial charge in [0.2, 0.25) is 0 Å². The van der Waals surface area contributed by atoms with E-state index in [1.165, 1.54) is 41.1 Å². The molecular formula is C23H35N3O2S2Sn. The third kappa shape index (κ3) is 13.1. The maximum atomic E-state index is 5.40. The summed E-state index contributed by atoms with van der Waals surface area (Å²) in [5.74, 6) is 2.95. The Morgan fingerprint density at radius 2 is 1.39 bits per heavy atom. The van der Waals surface area contributed by atoms with Gasteiger partial charge in [-0.15, -0.1) is 0 Å². The van der Waals surface area contributed by atoms with Gasteiger partial charge in [0.15, 0.2) is 5.11 Å². The summed E-state index contributed by atoms with van der Waals surface area (Å²) in [5, 5.41) is 6.80. The zero-order valence-electron chi connectivity index (χ0n) is 18.7. The number of thiocarbonyl (C=S) groups is 1. The number of anilines is 2. The summed E-state index contributed by atoms with van der Waals surface area (Å²) in [4.78, 5) is 0. The standard InChI is InChI=1S/C17H20N2O2S.C6H14NS.Sn.H/c1-3-20-15-9-5-13(6-10-15)18-17(22)19-14-7-11-16(12-8-14)21-4-2;1-2-8-6-4-3-5-7;;/h5-12H,3-4H2,1-2H3,(H2,18,19,22);6H,2-5,7H2,1H3;;. The molecule has 0 bridgehead atoms. The van der Waals surface area contributed by atoms with Gasteiger partial charge in [0.25, 0.3) is 0 Å². The summed E-state index contributed by atoms with van der Waals surface area (Å²) in [7, 11) is 0. The summed E-state index contributed by atoms with van der Waals surface area (Å²) in [6.07, 6.45) is 2.54. The molecule has 1 unspecified atom stereocenters. The molecule has 0 heterocycles. The molecule has 1 atom stereocenters. The van der Waals surface area contributed by atoms with Crippen molar-refractivity contribution in [3.8, 4) is 11.5 Å². The summed E-state index contributed by atoms with van der Waals surface area (Å²) < 4.78 is 11.7. The van der Waals surface area contributed by atoms with Gasteiger partial charge < -0.3 is 20.1 Å². The number of ether oxygens (including phenoxy) is 2. The third-order valence-electron chi connectivity index (χ3n) is 3.92. The van der Waals surface area contributed by atoms with Gasteiger partial charge in [0.1, 0.15) is 11.5 Å². The molecule has 0 fully saturated rings. The van der Waals surface area contributed by atoms with Crippen LogP contribution in [-0.2, 0) is 0 Å². The van der Waals surface area contributed by atoms with E-state index in [1.807, 2.05) is 62.4 Å². The molecule has 2 aromatic rings. The molecule has 170 valence electrons. The number of hydrogen-bond acceptors (Lipinski definition) is 5. The van der Waals surface area contributed by atoms with Crippen molar-refractivity contribution in [1.29, 1.82) is 0 Å². The number of hydrogen-bond donors (Lipinski definition) is 3. The van der Waals surface area contributed by atoms with Crippen LogP contribution in [0.4, 0.5) is 11.4 Å². The fourth-order valence-electron chi connectivity index (χ4n) is 2.51. The predicted molar refractivity (Wildman–Crippen MR) is 142 cm³/mol. The van der Waals surface area contributed by atoms with Gasteiger partial charge in [-0.05, 0) is 74.6 Å². The van der Waals surface area contributed by atoms with Crippen LogP contribution in [0.1, 0.15) is 33.6 Å². The Balaban J connectivity index is 0.000000452. The van der Waals surface area contributed by atoms with Crippen LogP contribution in [0.25, 0.3) is 0 Å². The molecule has 5 nitrogen and oxygen atoms in total. The van der Waals surface area contributed by atoms with E-state index in [4.69, 9.17) is 27.4 Å². The van der Waals surface area contributed by atoms with Crippen molar-refractivity contribution in [2.75, 3.05) is 36.1 Å². The van der Waals surface area contributed by atoms with Crippen molar-refractivity contribution < 1.29 is 9.47 Å². The van der Waals surface area contributed by atoms with Crippen LogP contribution in [0, 0.1) is 0 Å². The molecule has 2 aromatic carbocycles. The van der Waals surface area contributed by atoms with E-state index in [2.05, 4.69) is 29.3 Å². The molecule has 4 N–H and O–H groups in total. The average molecular weight is 568 g/mol. The van der Waals surface area contributed by atoms with Crippen LogP contribution in [0.5, 0.6) is 11.5 Å². The molecule has 0 aliphatic heterocycles. The molecule has 0 saturated carbocycles. The fourth-order valence-corrected chi connectivity index (χ4v) is 5.83. The topological polar surface area (TPSA) is 68.5 Å². The van der Waals surface area contributed by atoms with E-state index in [0.717, 1.165) is 32.7 Å². The average Bonchev–Trinajstić information content (AvgIpc) is 2.76. The second-order valence-electron chi connectivity index (χ2n) is 6.42. The minimum absolute atomic E-state index is 0.535. The van der Waals surface area contributed by atoms with Gasteiger partial charge >= 0.3 is 75.3 Å². The van der Waals surface area contributed by atoms with Crippen LogP contribution < -0.4 is 25.8 Å². The molecule has 0 aliphatic carbocycles. The van der Waals surface area contributed by atoms with E-state index >= 15 is 0 Å². The minimum atomic E-state index is 0.535. The molecule has 0 aliphatic rings. The van der Waals surface area contributed by atoms with E-state index in [-0.39, 0.29) is 0 Å². The summed E-state index contributed by atoms with van der Waals surface area (Å²) in [5.41, 5.74) is 7.20. The predicted octanol–water partition coefficient (Wildman–Crippen LogP) is 5.00. The molecule has 0 saturated heterocycles. The second-order valence-corrected chi connectivity index (χ2v) is 12.0. The van der Waals surface area contributed by atoms with Gasteiger partial charge in [-0.3, -0.25) is 0 Å². The number of nitrogens with one attached hydrogen (secondary N) is 2. The Bertz CT molecular complexity index is 677. The molecular weight excluding hydrogens is 533 g/mol. The fraction of sp³-hybridized carbons (Fsp3) is 0.435. The molecule has 8 heteroatoms. The monoisotopic (exact) mass is 569 g/mol. The van der Waals surface area contributed by atoms with Gasteiger partial charge in [0.05, 0.1) is 13.2 Å². The number of benzene rings is 2. The third-order valence-corrected chi connectivity index (χ3v) is 7.72. The first-order valence-corrected chi connectivity index (χ1v) is 14.0. The Hall–Kier alpha value is -1.16. The van der Waals surface area contributed by atoms with Crippen LogP contribution in [0.15, 0.2) is 48.5 Å². The quantitative estimate of drug-likeness (QED) is 0.261. The van der Waals surface area contributed by atoms with Crippen molar-refractivity contribution in [2.45, 2.75) is 36.9 Å². The molecule has 0 aromatic heterocycles. The van der Waals surface area contributed by atoms with Crippen LogP contribution in [0.3, 0.4) is 0 Å². The van der Waals surface area contributed by atoms with Gasteiger partial charge in [0, 0.05) is 11.4 Å². The molecule has 31 heavy (non-hydrogen) atoms. The SMILES string of the molecule is CCOc1ccc(NC(=S)Nc2ccc(OCC)cc2)cc1.CCS[CH]([SnH])CCCN. The van der Waals surface area contributed by atoms with E-state index < -0.39 is 0 Å². The number of nitrogens with two attached hydrogens (primary N) is 1. The number of thioether (sulfide) groups is 1. The summed E-state index contributed by atoms with van der Waals surface area (Å²) >= 11 is 8.76. The molecule has 2 rings (SSSR count). The molecule has 0 spiro atoms. The Kier molecular flexibility index (Phi) is 15.6. The molecule has 2 radical (unpaired) electrons.